The quantitative estimate of drug-likeness (QED) is 0.757. The van der Waals surface area contributed by atoms with Crippen molar-refractivity contribution in [3.63, 3.8) is 0 Å². The van der Waals surface area contributed by atoms with Crippen LogP contribution < -0.4 is 0 Å². The Morgan fingerprint density at radius 3 is 1.88 bits per heavy atom. The van der Waals surface area contributed by atoms with Gasteiger partial charge in [0.1, 0.15) is 0 Å². The molecule has 17 heavy (non-hydrogen) atoms. The molecular formula is C16H27N. The van der Waals surface area contributed by atoms with Gasteiger partial charge in [0, 0.05) is 17.5 Å². The van der Waals surface area contributed by atoms with Gasteiger partial charge in [0.15, 0.2) is 0 Å². The summed E-state index contributed by atoms with van der Waals surface area (Å²) in [4.78, 5) is 2.54. The van der Waals surface area contributed by atoms with Crippen LogP contribution in [-0.4, -0.2) is 23.5 Å². The third-order valence-corrected chi connectivity index (χ3v) is 3.47. The monoisotopic (exact) mass is 233 g/mol. The Balaban J connectivity index is 2.86. The highest BCUT2D eigenvalue weighted by Crippen LogP contribution is 2.27. The lowest BCUT2D eigenvalue weighted by molar-refractivity contribution is 0.116. The van der Waals surface area contributed by atoms with Gasteiger partial charge in [-0.05, 0) is 32.9 Å². The second kappa shape index (κ2) is 5.22. The van der Waals surface area contributed by atoms with E-state index in [-0.39, 0.29) is 11.0 Å². The van der Waals surface area contributed by atoms with Crippen LogP contribution in [0.2, 0.25) is 0 Å². The van der Waals surface area contributed by atoms with E-state index in [2.05, 4.69) is 76.8 Å². The van der Waals surface area contributed by atoms with Gasteiger partial charge in [0.05, 0.1) is 0 Å². The Kier molecular flexibility index (Phi) is 4.37. The molecule has 0 aliphatic heterocycles. The Bertz CT molecular complexity index is 332. The summed E-state index contributed by atoms with van der Waals surface area (Å²) in [6.45, 7) is 16.0. The maximum absolute atomic E-state index is 2.54. The first-order valence-corrected chi connectivity index (χ1v) is 6.58. The molecule has 1 heteroatoms. The minimum absolute atomic E-state index is 0.199. The average molecular weight is 233 g/mol. The van der Waals surface area contributed by atoms with Gasteiger partial charge in [0.25, 0.3) is 0 Å². The highest BCUT2D eigenvalue weighted by molar-refractivity contribution is 5.24. The first-order valence-electron chi connectivity index (χ1n) is 6.58. The number of benzene rings is 1. The summed E-state index contributed by atoms with van der Waals surface area (Å²) in [5.74, 6) is 0. The molecule has 0 heterocycles. The van der Waals surface area contributed by atoms with Gasteiger partial charge in [-0.1, -0.05) is 51.1 Å². The minimum atomic E-state index is 0.199. The van der Waals surface area contributed by atoms with E-state index in [0.717, 1.165) is 13.1 Å². The molecule has 0 saturated carbocycles. The number of hydrogen-bond donors (Lipinski definition) is 0. The minimum Gasteiger partial charge on any atom is -0.298 e. The van der Waals surface area contributed by atoms with E-state index < -0.39 is 0 Å². The van der Waals surface area contributed by atoms with E-state index in [1.54, 1.807) is 0 Å². The van der Waals surface area contributed by atoms with E-state index in [1.165, 1.54) is 5.56 Å². The topological polar surface area (TPSA) is 3.24 Å². The van der Waals surface area contributed by atoms with Crippen LogP contribution in [0.15, 0.2) is 30.3 Å². The van der Waals surface area contributed by atoms with Crippen LogP contribution in [0.4, 0.5) is 0 Å². The summed E-state index contributed by atoms with van der Waals surface area (Å²) in [5.41, 5.74) is 1.86. The van der Waals surface area contributed by atoms with Gasteiger partial charge in [-0.25, -0.2) is 0 Å². The zero-order chi connectivity index (χ0) is 13.1. The summed E-state index contributed by atoms with van der Waals surface area (Å²) >= 11 is 0. The number of nitrogens with zero attached hydrogens (tertiary/aromatic N) is 1. The Morgan fingerprint density at radius 1 is 0.941 bits per heavy atom. The van der Waals surface area contributed by atoms with Crippen LogP contribution in [0.5, 0.6) is 0 Å². The van der Waals surface area contributed by atoms with Crippen molar-refractivity contribution in [2.45, 2.75) is 52.5 Å². The molecule has 0 fully saturated rings. The van der Waals surface area contributed by atoms with Crippen LogP contribution >= 0.6 is 0 Å². The molecule has 0 radical (unpaired) electrons. The summed E-state index contributed by atoms with van der Waals surface area (Å²) in [6.07, 6.45) is 0. The third kappa shape index (κ3) is 3.85. The smallest absolute Gasteiger partial charge is 0.0125 e. The number of hydrogen-bond acceptors (Lipinski definition) is 1. The van der Waals surface area contributed by atoms with Gasteiger partial charge < -0.3 is 0 Å². The zero-order valence-corrected chi connectivity index (χ0v) is 12.2. The molecule has 0 aliphatic carbocycles. The highest BCUT2D eigenvalue weighted by Gasteiger charge is 2.28. The number of rotatable bonds is 4. The second-order valence-corrected chi connectivity index (χ2v) is 6.43. The normalized spacial score (nSPS) is 13.1. The molecule has 1 rings (SSSR count). The Hall–Kier alpha value is -0.820. The van der Waals surface area contributed by atoms with Crippen molar-refractivity contribution in [3.05, 3.63) is 35.9 Å². The molecule has 1 aromatic carbocycles. The van der Waals surface area contributed by atoms with Crippen molar-refractivity contribution < 1.29 is 0 Å². The van der Waals surface area contributed by atoms with Crippen molar-refractivity contribution >= 4 is 0 Å². The fourth-order valence-electron chi connectivity index (χ4n) is 2.28. The molecule has 0 N–H and O–H groups in total. The van der Waals surface area contributed by atoms with E-state index >= 15 is 0 Å². The summed E-state index contributed by atoms with van der Waals surface area (Å²) < 4.78 is 0. The first-order chi connectivity index (χ1) is 7.77. The van der Waals surface area contributed by atoms with Gasteiger partial charge in [-0.3, -0.25) is 4.90 Å². The molecule has 0 aromatic heterocycles. The largest absolute Gasteiger partial charge is 0.298 e. The zero-order valence-electron chi connectivity index (χ0n) is 12.2. The average Bonchev–Trinajstić information content (AvgIpc) is 2.25. The SMILES string of the molecule is CCN(CC(C)(C)c1ccccc1)C(C)(C)C. The standard InChI is InChI=1S/C16H27N/c1-7-17(15(2,3)4)13-16(5,6)14-11-9-8-10-12-14/h8-12H,7,13H2,1-6H3. The molecule has 0 unspecified atom stereocenters. The van der Waals surface area contributed by atoms with E-state index in [0.29, 0.717) is 0 Å². The van der Waals surface area contributed by atoms with Crippen molar-refractivity contribution in [1.29, 1.82) is 0 Å². The van der Waals surface area contributed by atoms with Gasteiger partial charge in [-0.15, -0.1) is 0 Å². The third-order valence-electron chi connectivity index (χ3n) is 3.47. The lowest BCUT2D eigenvalue weighted by atomic mass is 9.83. The Labute approximate surface area is 107 Å². The fraction of sp³-hybridized carbons (Fsp3) is 0.625. The lowest BCUT2D eigenvalue weighted by Crippen LogP contribution is -2.47. The molecule has 0 amide bonds. The van der Waals surface area contributed by atoms with Gasteiger partial charge in [-0.2, -0.15) is 0 Å². The van der Waals surface area contributed by atoms with E-state index in [9.17, 15) is 0 Å². The Morgan fingerprint density at radius 2 is 1.47 bits per heavy atom. The summed E-state index contributed by atoms with van der Waals surface area (Å²) in [7, 11) is 0. The molecule has 0 saturated heterocycles. The van der Waals surface area contributed by atoms with E-state index in [4.69, 9.17) is 0 Å². The molecule has 0 spiro atoms. The van der Waals surface area contributed by atoms with Crippen LogP contribution in [-0.2, 0) is 5.41 Å². The summed E-state index contributed by atoms with van der Waals surface area (Å²) in [6, 6.07) is 10.8. The molecule has 1 nitrogen and oxygen atoms in total. The maximum atomic E-state index is 2.54. The summed E-state index contributed by atoms with van der Waals surface area (Å²) in [5, 5.41) is 0. The van der Waals surface area contributed by atoms with Crippen molar-refractivity contribution in [1.82, 2.24) is 4.90 Å². The van der Waals surface area contributed by atoms with Crippen LogP contribution in [0.3, 0.4) is 0 Å². The molecule has 1 aromatic rings. The van der Waals surface area contributed by atoms with Gasteiger partial charge in [0.2, 0.25) is 0 Å². The van der Waals surface area contributed by atoms with E-state index in [1.807, 2.05) is 0 Å². The first kappa shape index (κ1) is 14.2. The van der Waals surface area contributed by atoms with Crippen molar-refractivity contribution in [2.24, 2.45) is 0 Å². The highest BCUT2D eigenvalue weighted by atomic mass is 15.2. The second-order valence-electron chi connectivity index (χ2n) is 6.43. The fourth-order valence-corrected chi connectivity index (χ4v) is 2.28. The predicted octanol–water partition coefficient (Wildman–Crippen LogP) is 4.08. The van der Waals surface area contributed by atoms with Crippen LogP contribution in [0.25, 0.3) is 0 Å². The van der Waals surface area contributed by atoms with Crippen LogP contribution in [0, 0.1) is 0 Å². The van der Waals surface area contributed by atoms with Crippen molar-refractivity contribution in [3.8, 4) is 0 Å². The molecule has 96 valence electrons. The van der Waals surface area contributed by atoms with Crippen LogP contribution in [0.1, 0.15) is 47.1 Å². The lowest BCUT2D eigenvalue weighted by Gasteiger charge is -2.40. The maximum Gasteiger partial charge on any atom is 0.0125 e. The van der Waals surface area contributed by atoms with Crippen molar-refractivity contribution in [2.75, 3.05) is 13.1 Å². The molecule has 0 bridgehead atoms. The van der Waals surface area contributed by atoms with Gasteiger partial charge >= 0.3 is 0 Å². The molecule has 0 atom stereocenters. The number of likely N-dealkylation sites (N-methyl/N-ethyl adjacent to an activating group) is 1. The molecular weight excluding hydrogens is 206 g/mol. The predicted molar refractivity (Wildman–Crippen MR) is 76.5 cm³/mol. The molecule has 0 aliphatic rings.